The summed E-state index contributed by atoms with van der Waals surface area (Å²) >= 11 is 0. The molecule has 0 saturated heterocycles. The summed E-state index contributed by atoms with van der Waals surface area (Å²) in [4.78, 5) is 2.33. The standard InChI is InChI=1S/C7H17N.ClH/c1-6(2)8(5)7(3)4;/h6-7H,1-5H3;1H. The van der Waals surface area contributed by atoms with Crippen molar-refractivity contribution in [2.75, 3.05) is 7.05 Å². The van der Waals surface area contributed by atoms with Crippen LogP contribution < -0.4 is 0 Å². The number of hydrogen-bond donors (Lipinski definition) is 0. The zero-order chi connectivity index (χ0) is 6.73. The second kappa shape index (κ2) is 5.07. The molecular formula is C7H18ClN. The van der Waals surface area contributed by atoms with Gasteiger partial charge in [0.25, 0.3) is 0 Å². The Morgan fingerprint density at radius 1 is 0.889 bits per heavy atom. The number of hydrogen-bond acceptors (Lipinski definition) is 1. The molecule has 0 aliphatic rings. The predicted octanol–water partition coefficient (Wildman–Crippen LogP) is 2.16. The van der Waals surface area contributed by atoms with Gasteiger partial charge in [-0.15, -0.1) is 12.4 Å². The SMILES string of the molecule is CC(C)N(C)C(C)C.Cl. The molecule has 0 aliphatic heterocycles. The highest BCUT2D eigenvalue weighted by atomic mass is 35.5. The van der Waals surface area contributed by atoms with Crippen LogP contribution in [0.4, 0.5) is 0 Å². The van der Waals surface area contributed by atoms with Crippen LogP contribution in [-0.2, 0) is 0 Å². The molecule has 0 aliphatic carbocycles. The molecule has 0 fully saturated rings. The van der Waals surface area contributed by atoms with Crippen LogP contribution in [-0.4, -0.2) is 24.0 Å². The summed E-state index contributed by atoms with van der Waals surface area (Å²) in [6, 6.07) is 1.35. The van der Waals surface area contributed by atoms with Crippen molar-refractivity contribution in [1.82, 2.24) is 4.90 Å². The van der Waals surface area contributed by atoms with E-state index in [0.717, 1.165) is 0 Å². The quantitative estimate of drug-likeness (QED) is 0.585. The molecule has 0 bridgehead atoms. The van der Waals surface area contributed by atoms with E-state index in [1.54, 1.807) is 0 Å². The third-order valence-corrected chi connectivity index (χ3v) is 1.63. The lowest BCUT2D eigenvalue weighted by atomic mass is 10.3. The smallest absolute Gasteiger partial charge is 0.00382 e. The maximum absolute atomic E-state index is 2.33. The number of nitrogens with zero attached hydrogens (tertiary/aromatic N) is 1. The highest BCUT2D eigenvalue weighted by Crippen LogP contribution is 1.98. The van der Waals surface area contributed by atoms with Gasteiger partial charge in [0.2, 0.25) is 0 Å². The van der Waals surface area contributed by atoms with E-state index in [1.165, 1.54) is 0 Å². The molecule has 58 valence electrons. The third kappa shape index (κ3) is 4.73. The lowest BCUT2D eigenvalue weighted by Crippen LogP contribution is -2.32. The monoisotopic (exact) mass is 151 g/mol. The van der Waals surface area contributed by atoms with Gasteiger partial charge in [0.15, 0.2) is 0 Å². The average Bonchev–Trinajstić information content (AvgIpc) is 1.64. The van der Waals surface area contributed by atoms with Crippen molar-refractivity contribution < 1.29 is 0 Å². The summed E-state index contributed by atoms with van der Waals surface area (Å²) in [7, 11) is 2.15. The zero-order valence-corrected chi connectivity index (χ0v) is 7.83. The maximum atomic E-state index is 2.33. The molecule has 0 aromatic carbocycles. The molecule has 0 aromatic rings. The van der Waals surface area contributed by atoms with Gasteiger partial charge in [-0.3, -0.25) is 0 Å². The molecule has 0 saturated carbocycles. The van der Waals surface area contributed by atoms with Crippen molar-refractivity contribution in [3.63, 3.8) is 0 Å². The van der Waals surface area contributed by atoms with Crippen LogP contribution in [0.3, 0.4) is 0 Å². The second-order valence-electron chi connectivity index (χ2n) is 2.85. The van der Waals surface area contributed by atoms with Crippen molar-refractivity contribution in [2.24, 2.45) is 0 Å². The second-order valence-corrected chi connectivity index (χ2v) is 2.85. The Bertz CT molecular complexity index is 53.9. The molecule has 0 amide bonds. The fourth-order valence-electron chi connectivity index (χ4n) is 0.596. The van der Waals surface area contributed by atoms with Crippen LogP contribution in [0.1, 0.15) is 27.7 Å². The fourth-order valence-corrected chi connectivity index (χ4v) is 0.596. The van der Waals surface area contributed by atoms with Gasteiger partial charge in [-0.2, -0.15) is 0 Å². The van der Waals surface area contributed by atoms with E-state index in [2.05, 4.69) is 39.6 Å². The summed E-state index contributed by atoms with van der Waals surface area (Å²) in [6.45, 7) is 8.83. The van der Waals surface area contributed by atoms with Crippen molar-refractivity contribution in [3.8, 4) is 0 Å². The minimum atomic E-state index is 0. The Balaban J connectivity index is 0. The molecule has 0 radical (unpaired) electrons. The first-order chi connectivity index (χ1) is 3.55. The van der Waals surface area contributed by atoms with E-state index in [9.17, 15) is 0 Å². The van der Waals surface area contributed by atoms with Crippen molar-refractivity contribution >= 4 is 12.4 Å². The van der Waals surface area contributed by atoms with Crippen LogP contribution in [0.15, 0.2) is 0 Å². The van der Waals surface area contributed by atoms with E-state index < -0.39 is 0 Å². The van der Waals surface area contributed by atoms with Gasteiger partial charge >= 0.3 is 0 Å². The molecule has 9 heavy (non-hydrogen) atoms. The molecule has 2 heteroatoms. The zero-order valence-electron chi connectivity index (χ0n) is 7.01. The lowest BCUT2D eigenvalue weighted by Gasteiger charge is -2.24. The highest BCUT2D eigenvalue weighted by molar-refractivity contribution is 5.85. The summed E-state index contributed by atoms with van der Waals surface area (Å²) in [5.41, 5.74) is 0. The Hall–Kier alpha value is 0.250. The largest absolute Gasteiger partial charge is 0.302 e. The minimum absolute atomic E-state index is 0. The molecular weight excluding hydrogens is 134 g/mol. The molecule has 0 spiro atoms. The normalized spacial score (nSPS) is 10.7. The predicted molar refractivity (Wildman–Crippen MR) is 45.3 cm³/mol. The molecule has 0 heterocycles. The Kier molecular flexibility index (Phi) is 6.74. The van der Waals surface area contributed by atoms with E-state index in [0.29, 0.717) is 12.1 Å². The fraction of sp³-hybridized carbons (Fsp3) is 1.00. The Morgan fingerprint density at radius 3 is 1.11 bits per heavy atom. The lowest BCUT2D eigenvalue weighted by molar-refractivity contribution is 0.222. The van der Waals surface area contributed by atoms with Crippen molar-refractivity contribution in [1.29, 1.82) is 0 Å². The highest BCUT2D eigenvalue weighted by Gasteiger charge is 2.04. The molecule has 1 nitrogen and oxygen atoms in total. The Labute approximate surface area is 64.8 Å². The first-order valence-electron chi connectivity index (χ1n) is 3.27. The van der Waals surface area contributed by atoms with Crippen LogP contribution in [0, 0.1) is 0 Å². The first-order valence-corrected chi connectivity index (χ1v) is 3.27. The summed E-state index contributed by atoms with van der Waals surface area (Å²) in [6.07, 6.45) is 0. The minimum Gasteiger partial charge on any atom is -0.302 e. The molecule has 0 rings (SSSR count). The van der Waals surface area contributed by atoms with Gasteiger partial charge in [0, 0.05) is 12.1 Å². The van der Waals surface area contributed by atoms with E-state index >= 15 is 0 Å². The summed E-state index contributed by atoms with van der Waals surface area (Å²) < 4.78 is 0. The van der Waals surface area contributed by atoms with Gasteiger partial charge in [-0.05, 0) is 34.7 Å². The van der Waals surface area contributed by atoms with Gasteiger partial charge in [0.05, 0.1) is 0 Å². The van der Waals surface area contributed by atoms with Crippen LogP contribution in [0.5, 0.6) is 0 Å². The molecule has 0 N–H and O–H groups in total. The average molecular weight is 152 g/mol. The van der Waals surface area contributed by atoms with Gasteiger partial charge in [0.1, 0.15) is 0 Å². The number of halogens is 1. The number of rotatable bonds is 2. The summed E-state index contributed by atoms with van der Waals surface area (Å²) in [5.74, 6) is 0. The van der Waals surface area contributed by atoms with Crippen LogP contribution in [0.2, 0.25) is 0 Å². The summed E-state index contributed by atoms with van der Waals surface area (Å²) in [5, 5.41) is 0. The third-order valence-electron chi connectivity index (χ3n) is 1.63. The first kappa shape index (κ1) is 12.0. The van der Waals surface area contributed by atoms with E-state index in [4.69, 9.17) is 0 Å². The van der Waals surface area contributed by atoms with Gasteiger partial charge in [-0.25, -0.2) is 0 Å². The topological polar surface area (TPSA) is 3.24 Å². The molecule has 0 atom stereocenters. The van der Waals surface area contributed by atoms with Crippen molar-refractivity contribution in [2.45, 2.75) is 39.8 Å². The van der Waals surface area contributed by atoms with Crippen LogP contribution in [0.25, 0.3) is 0 Å². The van der Waals surface area contributed by atoms with E-state index in [1.807, 2.05) is 0 Å². The Morgan fingerprint density at radius 2 is 1.11 bits per heavy atom. The van der Waals surface area contributed by atoms with E-state index in [-0.39, 0.29) is 12.4 Å². The van der Waals surface area contributed by atoms with Gasteiger partial charge in [-0.1, -0.05) is 0 Å². The van der Waals surface area contributed by atoms with Gasteiger partial charge < -0.3 is 4.90 Å². The molecule has 0 unspecified atom stereocenters. The maximum Gasteiger partial charge on any atom is 0.00382 e. The molecule has 0 aromatic heterocycles. The van der Waals surface area contributed by atoms with Crippen LogP contribution >= 0.6 is 12.4 Å². The van der Waals surface area contributed by atoms with Crippen molar-refractivity contribution in [3.05, 3.63) is 0 Å².